The Morgan fingerprint density at radius 1 is 1.13 bits per heavy atom. The number of anilines is 2. The van der Waals surface area contributed by atoms with Crippen LogP contribution in [0.1, 0.15) is 6.92 Å². The highest BCUT2D eigenvalue weighted by atomic mass is 32.2. The van der Waals surface area contributed by atoms with Crippen LogP contribution in [0.3, 0.4) is 0 Å². The summed E-state index contributed by atoms with van der Waals surface area (Å²) in [6, 6.07) is 14.6. The molecule has 0 fully saturated rings. The number of nitrogens with zero attached hydrogens (tertiary/aromatic N) is 3. The van der Waals surface area contributed by atoms with Crippen molar-refractivity contribution in [3.63, 3.8) is 0 Å². The number of ether oxygens (including phenoxy) is 1. The van der Waals surface area contributed by atoms with Crippen LogP contribution in [0.4, 0.5) is 10.8 Å². The number of benzene rings is 2. The smallest absolute Gasteiger partial charge is 0.264 e. The molecule has 1 heterocycles. The Hall–Kier alpha value is -2.63. The minimum atomic E-state index is -3.99. The maximum atomic E-state index is 13.3. The first-order valence-corrected chi connectivity index (χ1v) is 12.4. The van der Waals surface area contributed by atoms with Gasteiger partial charge in [0.05, 0.1) is 17.2 Å². The Bertz CT molecular complexity index is 1090. The number of carbonyl (C=O) groups excluding carboxylic acids is 1. The van der Waals surface area contributed by atoms with E-state index >= 15 is 0 Å². The Morgan fingerprint density at radius 2 is 1.83 bits per heavy atom. The van der Waals surface area contributed by atoms with E-state index in [0.29, 0.717) is 27.5 Å². The zero-order valence-electron chi connectivity index (χ0n) is 16.3. The third-order valence-corrected chi connectivity index (χ3v) is 7.48. The van der Waals surface area contributed by atoms with E-state index in [2.05, 4.69) is 15.5 Å². The number of thioether (sulfide) groups is 1. The van der Waals surface area contributed by atoms with Crippen molar-refractivity contribution in [2.45, 2.75) is 16.2 Å². The molecule has 158 valence electrons. The number of rotatable bonds is 9. The van der Waals surface area contributed by atoms with E-state index < -0.39 is 22.5 Å². The molecule has 3 aromatic rings. The van der Waals surface area contributed by atoms with Crippen molar-refractivity contribution < 1.29 is 17.9 Å². The van der Waals surface area contributed by atoms with Crippen molar-refractivity contribution >= 4 is 49.8 Å². The van der Waals surface area contributed by atoms with Crippen LogP contribution in [0.15, 0.2) is 63.8 Å². The molecular weight excluding hydrogens is 444 g/mol. The highest BCUT2D eigenvalue weighted by molar-refractivity contribution is 8.00. The van der Waals surface area contributed by atoms with E-state index in [-0.39, 0.29) is 4.90 Å². The third kappa shape index (κ3) is 5.29. The van der Waals surface area contributed by atoms with Crippen LogP contribution < -0.4 is 14.4 Å². The largest absolute Gasteiger partial charge is 0.494 e. The molecule has 0 saturated carbocycles. The van der Waals surface area contributed by atoms with Crippen LogP contribution in [0, 0.1) is 0 Å². The monoisotopic (exact) mass is 464 g/mol. The van der Waals surface area contributed by atoms with Crippen LogP contribution in [0.25, 0.3) is 0 Å². The summed E-state index contributed by atoms with van der Waals surface area (Å²) in [4.78, 5) is 12.7. The maximum absolute atomic E-state index is 13.3. The van der Waals surface area contributed by atoms with Gasteiger partial charge >= 0.3 is 0 Å². The highest BCUT2D eigenvalue weighted by Gasteiger charge is 2.27. The molecule has 8 nitrogen and oxygen atoms in total. The normalized spacial score (nSPS) is 11.1. The molecule has 1 aromatic heterocycles. The quantitative estimate of drug-likeness (QED) is 0.382. The van der Waals surface area contributed by atoms with Gasteiger partial charge < -0.3 is 4.74 Å². The molecule has 0 radical (unpaired) electrons. The number of amides is 1. The van der Waals surface area contributed by atoms with Crippen molar-refractivity contribution in [2.24, 2.45) is 0 Å². The minimum absolute atomic E-state index is 0.0585. The van der Waals surface area contributed by atoms with Gasteiger partial charge in [-0.2, -0.15) is 0 Å². The van der Waals surface area contributed by atoms with Crippen molar-refractivity contribution in [3.05, 3.63) is 54.6 Å². The van der Waals surface area contributed by atoms with Gasteiger partial charge in [0, 0.05) is 0 Å². The van der Waals surface area contributed by atoms with Crippen molar-refractivity contribution in [1.82, 2.24) is 10.2 Å². The molecule has 0 saturated heterocycles. The number of sulfonamides is 1. The minimum Gasteiger partial charge on any atom is -0.494 e. The van der Waals surface area contributed by atoms with Gasteiger partial charge in [-0.15, -0.1) is 10.2 Å². The fourth-order valence-corrected chi connectivity index (χ4v) is 5.15. The topological polar surface area (TPSA) is 101 Å². The molecule has 0 atom stereocenters. The predicted molar refractivity (Wildman–Crippen MR) is 119 cm³/mol. The molecule has 0 bridgehead atoms. The van der Waals surface area contributed by atoms with Crippen molar-refractivity contribution in [2.75, 3.05) is 29.0 Å². The molecule has 2 aromatic carbocycles. The predicted octanol–water partition coefficient (Wildman–Crippen LogP) is 3.49. The zero-order chi connectivity index (χ0) is 21.6. The molecule has 1 amide bonds. The zero-order valence-corrected chi connectivity index (χ0v) is 18.8. The summed E-state index contributed by atoms with van der Waals surface area (Å²) in [6.45, 7) is 1.92. The highest BCUT2D eigenvalue weighted by Crippen LogP contribution is 2.26. The molecular formula is C19H20N4O4S3. The van der Waals surface area contributed by atoms with Crippen LogP contribution in [0.2, 0.25) is 0 Å². The summed E-state index contributed by atoms with van der Waals surface area (Å²) >= 11 is 2.63. The Balaban J connectivity index is 1.87. The Labute approximate surface area is 183 Å². The van der Waals surface area contributed by atoms with E-state index in [9.17, 15) is 13.2 Å². The molecule has 1 N–H and O–H groups in total. The lowest BCUT2D eigenvalue weighted by atomic mass is 10.3. The van der Waals surface area contributed by atoms with Crippen LogP contribution in [0.5, 0.6) is 5.75 Å². The maximum Gasteiger partial charge on any atom is 0.264 e. The Kier molecular flexibility index (Phi) is 7.29. The van der Waals surface area contributed by atoms with Gasteiger partial charge in [-0.3, -0.25) is 14.4 Å². The van der Waals surface area contributed by atoms with Crippen LogP contribution in [-0.4, -0.2) is 43.9 Å². The van der Waals surface area contributed by atoms with E-state index in [1.54, 1.807) is 42.5 Å². The molecule has 0 unspecified atom stereocenters. The lowest BCUT2D eigenvalue weighted by Gasteiger charge is -2.24. The fraction of sp³-hybridized carbons (Fsp3) is 0.211. The van der Waals surface area contributed by atoms with Gasteiger partial charge in [0.2, 0.25) is 11.0 Å². The molecule has 0 aliphatic rings. The molecule has 0 aliphatic heterocycles. The second kappa shape index (κ2) is 9.92. The summed E-state index contributed by atoms with van der Waals surface area (Å²) in [6.07, 6.45) is 1.85. The van der Waals surface area contributed by atoms with Gasteiger partial charge in [0.25, 0.3) is 10.0 Å². The number of carbonyl (C=O) groups is 1. The molecule has 30 heavy (non-hydrogen) atoms. The summed E-state index contributed by atoms with van der Waals surface area (Å²) in [5.41, 5.74) is 0.378. The lowest BCUT2D eigenvalue weighted by molar-refractivity contribution is -0.114. The van der Waals surface area contributed by atoms with Gasteiger partial charge in [0.1, 0.15) is 12.3 Å². The van der Waals surface area contributed by atoms with Crippen molar-refractivity contribution in [3.8, 4) is 5.75 Å². The van der Waals surface area contributed by atoms with Crippen LogP contribution in [-0.2, 0) is 14.8 Å². The molecule has 3 rings (SSSR count). The summed E-state index contributed by atoms with van der Waals surface area (Å²) in [5, 5.41) is 10.7. The Morgan fingerprint density at radius 3 is 2.43 bits per heavy atom. The standard InChI is InChI=1S/C19H20N4O4S3/c1-3-27-15-9-11-16(12-10-15)30(25,26)23(14-7-5-4-6-8-14)13-17(24)20-18-21-22-19(28-2)29-18/h4-12H,3,13H2,1-2H3,(H,20,21,24). The van der Waals surface area contributed by atoms with Gasteiger partial charge in [-0.25, -0.2) is 8.42 Å². The SMILES string of the molecule is CCOc1ccc(S(=O)(=O)N(CC(=O)Nc2nnc(SC)s2)c2ccccc2)cc1. The second-order valence-electron chi connectivity index (χ2n) is 5.88. The van der Waals surface area contributed by atoms with Gasteiger partial charge in [0.15, 0.2) is 4.34 Å². The average Bonchev–Trinajstić information content (AvgIpc) is 3.20. The molecule has 0 spiro atoms. The third-order valence-electron chi connectivity index (χ3n) is 3.88. The molecule has 11 heteroatoms. The number of hydrogen-bond acceptors (Lipinski definition) is 8. The van der Waals surface area contributed by atoms with Gasteiger partial charge in [-0.1, -0.05) is 41.3 Å². The van der Waals surface area contributed by atoms with Gasteiger partial charge in [-0.05, 0) is 49.6 Å². The van der Waals surface area contributed by atoms with Crippen molar-refractivity contribution in [1.29, 1.82) is 0 Å². The number of aromatic nitrogens is 2. The molecule has 0 aliphatic carbocycles. The van der Waals surface area contributed by atoms with E-state index in [4.69, 9.17) is 4.74 Å². The van der Waals surface area contributed by atoms with E-state index in [0.717, 1.165) is 4.31 Å². The first-order valence-electron chi connectivity index (χ1n) is 8.92. The summed E-state index contributed by atoms with van der Waals surface area (Å²) in [5.74, 6) is 0.0542. The summed E-state index contributed by atoms with van der Waals surface area (Å²) < 4.78 is 33.8. The first kappa shape index (κ1) is 22.1. The number of hydrogen-bond donors (Lipinski definition) is 1. The summed E-state index contributed by atoms with van der Waals surface area (Å²) in [7, 11) is -3.99. The number of nitrogens with one attached hydrogen (secondary N) is 1. The average molecular weight is 465 g/mol. The first-order chi connectivity index (χ1) is 14.4. The van der Waals surface area contributed by atoms with Crippen LogP contribution >= 0.6 is 23.1 Å². The van der Waals surface area contributed by atoms with E-state index in [1.807, 2.05) is 13.2 Å². The second-order valence-corrected chi connectivity index (χ2v) is 9.77. The lowest BCUT2D eigenvalue weighted by Crippen LogP contribution is -2.38. The number of para-hydroxylation sites is 1. The van der Waals surface area contributed by atoms with E-state index in [1.165, 1.54) is 35.2 Å². The fourth-order valence-electron chi connectivity index (χ4n) is 2.54.